The van der Waals surface area contributed by atoms with Crippen LogP contribution in [-0.4, -0.2) is 19.6 Å². The number of methoxy groups -OCH3 is 1. The van der Waals surface area contributed by atoms with Crippen molar-refractivity contribution in [2.24, 2.45) is 5.92 Å². The maximum atomic E-state index is 13.0. The van der Waals surface area contributed by atoms with Crippen molar-refractivity contribution >= 4 is 11.6 Å². The van der Waals surface area contributed by atoms with Crippen molar-refractivity contribution in [3.8, 4) is 0 Å². The summed E-state index contributed by atoms with van der Waals surface area (Å²) in [5.74, 6) is 0.692. The Morgan fingerprint density at radius 3 is 2.73 bits per heavy atom. The second kappa shape index (κ2) is 6.09. The molecule has 0 saturated heterocycles. The molecule has 0 fully saturated rings. The summed E-state index contributed by atoms with van der Waals surface area (Å²) in [6, 6.07) is 6.60. The Kier molecular flexibility index (Phi) is 5.06. The summed E-state index contributed by atoms with van der Waals surface area (Å²) in [6.45, 7) is 2.69. The molecule has 0 N–H and O–H groups in total. The summed E-state index contributed by atoms with van der Waals surface area (Å²) in [7, 11) is 1.66. The second-order valence-corrected chi connectivity index (χ2v) is 4.06. The van der Waals surface area contributed by atoms with Gasteiger partial charge in [-0.3, -0.25) is 0 Å². The molecule has 84 valence electrons. The second-order valence-electron chi connectivity index (χ2n) is 3.75. The minimum absolute atomic E-state index is 0.141. The number of alkyl halides is 1. The molecule has 0 aromatic heterocycles. The van der Waals surface area contributed by atoms with Gasteiger partial charge >= 0.3 is 0 Å². The lowest BCUT2D eigenvalue weighted by Crippen LogP contribution is -2.16. The van der Waals surface area contributed by atoms with Gasteiger partial charge in [0, 0.05) is 25.5 Å². The lowest BCUT2D eigenvalue weighted by Gasteiger charge is -2.21. The topological polar surface area (TPSA) is 9.23 Å². The molecule has 2 atom stereocenters. The van der Waals surface area contributed by atoms with Crippen LogP contribution in [0.1, 0.15) is 18.4 Å². The number of ether oxygens (including phenoxy) is 1. The molecule has 1 aromatic carbocycles. The van der Waals surface area contributed by atoms with Crippen LogP contribution in [0.25, 0.3) is 0 Å². The number of hydrogen-bond acceptors (Lipinski definition) is 1. The average Bonchev–Trinajstić information content (AvgIpc) is 2.19. The smallest absolute Gasteiger partial charge is 0.123 e. The molecular weight excluding hydrogens is 215 g/mol. The summed E-state index contributed by atoms with van der Waals surface area (Å²) >= 11 is 5.91. The normalized spacial score (nSPS) is 14.9. The van der Waals surface area contributed by atoms with E-state index < -0.39 is 0 Å². The fourth-order valence-corrected chi connectivity index (χ4v) is 2.17. The van der Waals surface area contributed by atoms with E-state index in [1.54, 1.807) is 19.2 Å². The first-order valence-electron chi connectivity index (χ1n) is 4.99. The van der Waals surface area contributed by atoms with E-state index in [9.17, 15) is 4.39 Å². The Balaban J connectivity index is 2.82. The van der Waals surface area contributed by atoms with Crippen molar-refractivity contribution in [2.75, 3.05) is 19.6 Å². The molecule has 0 aliphatic heterocycles. The first-order chi connectivity index (χ1) is 7.19. The fourth-order valence-electron chi connectivity index (χ4n) is 1.69. The van der Waals surface area contributed by atoms with E-state index in [2.05, 4.69) is 6.92 Å². The predicted octanol–water partition coefficient (Wildman–Crippen LogP) is 3.43. The highest BCUT2D eigenvalue weighted by Crippen LogP contribution is 2.26. The van der Waals surface area contributed by atoms with Crippen LogP contribution >= 0.6 is 11.6 Å². The molecule has 0 aliphatic rings. The Hall–Kier alpha value is -0.600. The van der Waals surface area contributed by atoms with Crippen LogP contribution in [0.15, 0.2) is 24.3 Å². The van der Waals surface area contributed by atoms with Crippen molar-refractivity contribution in [1.29, 1.82) is 0 Å². The molecular formula is C12H16ClFO. The van der Waals surface area contributed by atoms with Crippen LogP contribution in [0.5, 0.6) is 0 Å². The summed E-state index contributed by atoms with van der Waals surface area (Å²) in [5, 5.41) is 0. The summed E-state index contributed by atoms with van der Waals surface area (Å²) in [5.41, 5.74) is 0.939. The van der Waals surface area contributed by atoms with Crippen molar-refractivity contribution in [3.05, 3.63) is 35.6 Å². The molecule has 15 heavy (non-hydrogen) atoms. The van der Waals surface area contributed by atoms with E-state index in [0.29, 0.717) is 12.5 Å². The van der Waals surface area contributed by atoms with E-state index in [0.717, 1.165) is 5.56 Å². The first kappa shape index (κ1) is 12.5. The average molecular weight is 231 g/mol. The number of halogens is 2. The molecule has 1 nitrogen and oxygen atoms in total. The van der Waals surface area contributed by atoms with Crippen LogP contribution < -0.4 is 0 Å². The van der Waals surface area contributed by atoms with Gasteiger partial charge in [0.05, 0.1) is 0 Å². The van der Waals surface area contributed by atoms with Crippen molar-refractivity contribution in [1.82, 2.24) is 0 Å². The Bertz CT molecular complexity index is 303. The molecule has 1 rings (SSSR count). The molecule has 2 unspecified atom stereocenters. The van der Waals surface area contributed by atoms with E-state index in [-0.39, 0.29) is 17.7 Å². The zero-order valence-corrected chi connectivity index (χ0v) is 9.80. The van der Waals surface area contributed by atoms with E-state index in [1.807, 2.05) is 6.07 Å². The van der Waals surface area contributed by atoms with E-state index in [1.165, 1.54) is 6.07 Å². The van der Waals surface area contributed by atoms with Gasteiger partial charge in [-0.15, -0.1) is 11.6 Å². The minimum Gasteiger partial charge on any atom is -0.384 e. The molecule has 1 aromatic rings. The summed E-state index contributed by atoms with van der Waals surface area (Å²) in [4.78, 5) is 0. The monoisotopic (exact) mass is 230 g/mol. The summed E-state index contributed by atoms with van der Waals surface area (Å²) < 4.78 is 18.1. The highest BCUT2D eigenvalue weighted by atomic mass is 35.5. The van der Waals surface area contributed by atoms with Gasteiger partial charge in [-0.05, 0) is 23.6 Å². The molecule has 0 spiro atoms. The van der Waals surface area contributed by atoms with Crippen LogP contribution in [0.2, 0.25) is 0 Å². The van der Waals surface area contributed by atoms with Gasteiger partial charge in [-0.25, -0.2) is 4.39 Å². The third-order valence-electron chi connectivity index (χ3n) is 2.56. The van der Waals surface area contributed by atoms with E-state index in [4.69, 9.17) is 16.3 Å². The molecule has 0 radical (unpaired) electrons. The third-order valence-corrected chi connectivity index (χ3v) is 2.89. The highest BCUT2D eigenvalue weighted by Gasteiger charge is 2.18. The number of benzene rings is 1. The minimum atomic E-state index is -0.216. The van der Waals surface area contributed by atoms with E-state index >= 15 is 0 Å². The standard InChI is InChI=1S/C12H16ClFO/c1-9(8-15-2)12(7-13)10-4-3-5-11(14)6-10/h3-6,9,12H,7-8H2,1-2H3. The zero-order valence-electron chi connectivity index (χ0n) is 9.04. The molecule has 0 bridgehead atoms. The Morgan fingerprint density at radius 2 is 2.20 bits per heavy atom. The third kappa shape index (κ3) is 3.47. The van der Waals surface area contributed by atoms with Gasteiger partial charge in [0.1, 0.15) is 5.82 Å². The van der Waals surface area contributed by atoms with Crippen molar-refractivity contribution < 1.29 is 9.13 Å². The SMILES string of the molecule is COCC(C)C(CCl)c1cccc(F)c1. The molecule has 0 aliphatic carbocycles. The lowest BCUT2D eigenvalue weighted by atomic mass is 9.89. The fraction of sp³-hybridized carbons (Fsp3) is 0.500. The van der Waals surface area contributed by atoms with Gasteiger partial charge in [-0.1, -0.05) is 19.1 Å². The van der Waals surface area contributed by atoms with Crippen molar-refractivity contribution in [3.63, 3.8) is 0 Å². The van der Waals surface area contributed by atoms with Crippen LogP contribution in [0, 0.1) is 11.7 Å². The van der Waals surface area contributed by atoms with Crippen LogP contribution in [-0.2, 0) is 4.74 Å². The number of rotatable bonds is 5. The zero-order chi connectivity index (χ0) is 11.3. The summed E-state index contributed by atoms with van der Waals surface area (Å²) in [6.07, 6.45) is 0. The van der Waals surface area contributed by atoms with Gasteiger partial charge in [-0.2, -0.15) is 0 Å². The van der Waals surface area contributed by atoms with Gasteiger partial charge in [0.25, 0.3) is 0 Å². The Labute approximate surface area is 95.2 Å². The highest BCUT2D eigenvalue weighted by molar-refractivity contribution is 6.18. The van der Waals surface area contributed by atoms with Crippen molar-refractivity contribution in [2.45, 2.75) is 12.8 Å². The molecule has 0 saturated carbocycles. The largest absolute Gasteiger partial charge is 0.384 e. The molecule has 0 heterocycles. The predicted molar refractivity (Wildman–Crippen MR) is 60.9 cm³/mol. The van der Waals surface area contributed by atoms with Crippen LogP contribution in [0.4, 0.5) is 4.39 Å². The molecule has 0 amide bonds. The molecule has 3 heteroatoms. The van der Waals surface area contributed by atoms with Gasteiger partial charge in [0.2, 0.25) is 0 Å². The first-order valence-corrected chi connectivity index (χ1v) is 5.52. The quantitative estimate of drug-likeness (QED) is 0.705. The van der Waals surface area contributed by atoms with Crippen LogP contribution in [0.3, 0.4) is 0 Å². The van der Waals surface area contributed by atoms with Gasteiger partial charge < -0.3 is 4.74 Å². The maximum absolute atomic E-state index is 13.0. The lowest BCUT2D eigenvalue weighted by molar-refractivity contribution is 0.150. The van der Waals surface area contributed by atoms with Gasteiger partial charge in [0.15, 0.2) is 0 Å². The maximum Gasteiger partial charge on any atom is 0.123 e. The number of hydrogen-bond donors (Lipinski definition) is 0. The Morgan fingerprint density at radius 1 is 1.47 bits per heavy atom.